The van der Waals surface area contributed by atoms with E-state index in [2.05, 4.69) is 10.4 Å². The summed E-state index contributed by atoms with van der Waals surface area (Å²) in [6.45, 7) is 3.52. The number of nitrogens with one attached hydrogen (secondary N) is 1. The van der Waals surface area contributed by atoms with Crippen molar-refractivity contribution in [2.24, 2.45) is 0 Å². The number of furan rings is 1. The van der Waals surface area contributed by atoms with Gasteiger partial charge in [0, 0.05) is 21.4 Å². The summed E-state index contributed by atoms with van der Waals surface area (Å²) in [5, 5.41) is 1.57. The molecule has 0 aliphatic heterocycles. The normalized spacial score (nSPS) is 11.1. The Morgan fingerprint density at radius 3 is 2.84 bits per heavy atom. The van der Waals surface area contributed by atoms with E-state index < -0.39 is 11.7 Å². The molecule has 2 aromatic heterocycles. The van der Waals surface area contributed by atoms with E-state index in [1.807, 2.05) is 22.6 Å². The molecule has 0 radical (unpaired) electrons. The summed E-state index contributed by atoms with van der Waals surface area (Å²) < 4.78 is 20.4. The zero-order valence-corrected chi connectivity index (χ0v) is 15.7. The molecular formula is C17H15FIN3O3. The van der Waals surface area contributed by atoms with E-state index in [0.29, 0.717) is 11.0 Å². The number of hydrogen-bond acceptors (Lipinski definition) is 5. The van der Waals surface area contributed by atoms with Crippen LogP contribution in [0.2, 0.25) is 0 Å². The summed E-state index contributed by atoms with van der Waals surface area (Å²) >= 11 is 2.01. The van der Waals surface area contributed by atoms with E-state index in [1.54, 1.807) is 44.4 Å². The lowest BCUT2D eigenvalue weighted by Gasteiger charge is -2.24. The predicted molar refractivity (Wildman–Crippen MR) is 99.1 cm³/mol. The van der Waals surface area contributed by atoms with Crippen molar-refractivity contribution in [3.05, 3.63) is 57.9 Å². The molecule has 0 aliphatic rings. The Balaban J connectivity index is 1.90. The van der Waals surface area contributed by atoms with Crippen molar-refractivity contribution in [3.63, 3.8) is 0 Å². The number of nitrogens with zero attached hydrogens (tertiary/aromatic N) is 2. The van der Waals surface area contributed by atoms with E-state index in [9.17, 15) is 9.18 Å². The molecule has 3 rings (SSSR count). The van der Waals surface area contributed by atoms with Crippen LogP contribution in [-0.2, 0) is 4.84 Å². The van der Waals surface area contributed by atoms with Gasteiger partial charge in [-0.1, -0.05) is 0 Å². The molecule has 3 aromatic rings. The molecule has 0 spiro atoms. The number of pyridine rings is 1. The van der Waals surface area contributed by atoms with Crippen molar-refractivity contribution < 1.29 is 18.4 Å². The summed E-state index contributed by atoms with van der Waals surface area (Å²) in [5.41, 5.74) is 3.30. The molecule has 1 N–H and O–H groups in total. The first kappa shape index (κ1) is 17.6. The van der Waals surface area contributed by atoms with Gasteiger partial charge in [-0.2, -0.15) is 0 Å². The summed E-state index contributed by atoms with van der Waals surface area (Å²) in [6.07, 6.45) is 2.85. The third kappa shape index (κ3) is 4.07. The number of amides is 1. The number of anilines is 1. The first-order valence-electron chi connectivity index (χ1n) is 7.50. The number of carbonyl (C=O) groups is 1. The van der Waals surface area contributed by atoms with Crippen molar-refractivity contribution in [3.8, 4) is 0 Å². The van der Waals surface area contributed by atoms with Gasteiger partial charge in [0.2, 0.25) is 0 Å². The standard InChI is InChI=1S/C17H15FIN3O3/c1-10(2)25-22(21-14-4-3-12(19)8-13(14)18)17(23)16-7-11-9-20-6-5-15(11)24-16/h3-10,21H,1-2H3. The first-order valence-corrected chi connectivity index (χ1v) is 8.58. The van der Waals surface area contributed by atoms with E-state index in [0.717, 1.165) is 8.74 Å². The molecule has 0 saturated heterocycles. The fourth-order valence-electron chi connectivity index (χ4n) is 2.12. The molecule has 0 saturated carbocycles. The molecule has 2 heterocycles. The van der Waals surface area contributed by atoms with Crippen LogP contribution in [0.1, 0.15) is 24.4 Å². The Morgan fingerprint density at radius 2 is 2.16 bits per heavy atom. The number of carbonyl (C=O) groups excluding carboxylic acids is 1. The molecule has 8 heteroatoms. The van der Waals surface area contributed by atoms with Crippen LogP contribution in [0.4, 0.5) is 10.1 Å². The third-order valence-electron chi connectivity index (χ3n) is 3.18. The SMILES string of the molecule is CC(C)ON(Nc1ccc(I)cc1F)C(=O)c1cc2cnccc2o1. The number of aromatic nitrogens is 1. The highest BCUT2D eigenvalue weighted by Gasteiger charge is 2.23. The molecule has 0 bridgehead atoms. The van der Waals surface area contributed by atoms with Crippen molar-refractivity contribution in [1.82, 2.24) is 10.2 Å². The lowest BCUT2D eigenvalue weighted by molar-refractivity contribution is -0.137. The molecule has 25 heavy (non-hydrogen) atoms. The van der Waals surface area contributed by atoms with Crippen LogP contribution in [0.15, 0.2) is 47.1 Å². The fourth-order valence-corrected chi connectivity index (χ4v) is 2.57. The second-order valence-electron chi connectivity index (χ2n) is 5.51. The maximum atomic E-state index is 14.1. The molecule has 0 unspecified atom stereocenters. The molecule has 130 valence electrons. The maximum Gasteiger partial charge on any atom is 0.332 e. The van der Waals surface area contributed by atoms with E-state index in [4.69, 9.17) is 9.25 Å². The second-order valence-corrected chi connectivity index (χ2v) is 6.76. The average molecular weight is 455 g/mol. The summed E-state index contributed by atoms with van der Waals surface area (Å²) in [6, 6.07) is 7.83. The van der Waals surface area contributed by atoms with Crippen molar-refractivity contribution in [2.45, 2.75) is 20.0 Å². The van der Waals surface area contributed by atoms with E-state index in [1.165, 1.54) is 12.1 Å². The van der Waals surface area contributed by atoms with Gasteiger partial charge in [-0.05, 0) is 66.8 Å². The van der Waals surface area contributed by atoms with Gasteiger partial charge in [0.25, 0.3) is 0 Å². The van der Waals surface area contributed by atoms with Gasteiger partial charge in [0.05, 0.1) is 11.8 Å². The maximum absolute atomic E-state index is 14.1. The number of rotatable bonds is 5. The van der Waals surface area contributed by atoms with Crippen LogP contribution < -0.4 is 5.43 Å². The number of hydrazine groups is 1. The minimum atomic E-state index is -0.581. The van der Waals surface area contributed by atoms with Crippen molar-refractivity contribution in [2.75, 3.05) is 5.43 Å². The second kappa shape index (κ2) is 7.36. The number of halogens is 2. The third-order valence-corrected chi connectivity index (χ3v) is 3.85. The Labute approximate surface area is 157 Å². The monoisotopic (exact) mass is 455 g/mol. The minimum Gasteiger partial charge on any atom is -0.451 e. The largest absolute Gasteiger partial charge is 0.451 e. The van der Waals surface area contributed by atoms with E-state index >= 15 is 0 Å². The summed E-state index contributed by atoms with van der Waals surface area (Å²) in [4.78, 5) is 22.2. The summed E-state index contributed by atoms with van der Waals surface area (Å²) in [7, 11) is 0. The van der Waals surface area contributed by atoms with Crippen molar-refractivity contribution >= 4 is 45.2 Å². The van der Waals surface area contributed by atoms with E-state index in [-0.39, 0.29) is 17.6 Å². The molecule has 0 atom stereocenters. The first-order chi connectivity index (χ1) is 11.9. The van der Waals surface area contributed by atoms with Gasteiger partial charge >= 0.3 is 5.91 Å². The van der Waals surface area contributed by atoms with Crippen LogP contribution in [0.25, 0.3) is 11.0 Å². The van der Waals surface area contributed by atoms with Gasteiger partial charge in [0.1, 0.15) is 11.4 Å². The molecule has 0 fully saturated rings. The molecule has 6 nitrogen and oxygen atoms in total. The van der Waals surface area contributed by atoms with Crippen LogP contribution in [0, 0.1) is 9.39 Å². The topological polar surface area (TPSA) is 67.6 Å². The minimum absolute atomic E-state index is 0.0575. The Morgan fingerprint density at radius 1 is 1.36 bits per heavy atom. The highest BCUT2D eigenvalue weighted by molar-refractivity contribution is 14.1. The predicted octanol–water partition coefficient (Wildman–Crippen LogP) is 4.38. The average Bonchev–Trinajstić information content (AvgIpc) is 2.99. The Kier molecular flexibility index (Phi) is 5.19. The quantitative estimate of drug-likeness (QED) is 0.457. The fraction of sp³-hybridized carbons (Fsp3) is 0.176. The Bertz CT molecular complexity index is 880. The zero-order valence-electron chi connectivity index (χ0n) is 13.5. The van der Waals surface area contributed by atoms with Gasteiger partial charge in [0.15, 0.2) is 5.76 Å². The highest BCUT2D eigenvalue weighted by atomic mass is 127. The lowest BCUT2D eigenvalue weighted by Crippen LogP contribution is -2.38. The molecule has 1 aromatic carbocycles. The summed E-state index contributed by atoms with van der Waals surface area (Å²) in [5.74, 6) is -1.02. The molecular weight excluding hydrogens is 440 g/mol. The number of hydrogen-bond donors (Lipinski definition) is 1. The molecule has 0 aliphatic carbocycles. The highest BCUT2D eigenvalue weighted by Crippen LogP contribution is 2.22. The van der Waals surface area contributed by atoms with Gasteiger partial charge in [-0.25, -0.2) is 9.23 Å². The van der Waals surface area contributed by atoms with Crippen LogP contribution in [0.3, 0.4) is 0 Å². The lowest BCUT2D eigenvalue weighted by atomic mass is 10.3. The molecule has 1 amide bonds. The van der Waals surface area contributed by atoms with Gasteiger partial charge in [-0.15, -0.1) is 5.17 Å². The van der Waals surface area contributed by atoms with Crippen molar-refractivity contribution in [1.29, 1.82) is 0 Å². The number of hydroxylamine groups is 1. The zero-order chi connectivity index (χ0) is 18.0. The Hall–Kier alpha value is -2.20. The van der Waals surface area contributed by atoms with Gasteiger partial charge in [-0.3, -0.25) is 15.2 Å². The van der Waals surface area contributed by atoms with Crippen LogP contribution in [-0.4, -0.2) is 22.2 Å². The van der Waals surface area contributed by atoms with Gasteiger partial charge < -0.3 is 4.42 Å². The smallest absolute Gasteiger partial charge is 0.332 e. The number of benzene rings is 1. The number of fused-ring (bicyclic) bond motifs is 1. The van der Waals surface area contributed by atoms with Crippen LogP contribution >= 0.6 is 22.6 Å². The van der Waals surface area contributed by atoms with Crippen LogP contribution in [0.5, 0.6) is 0 Å².